The molecule has 20 atom stereocenters. The molecule has 4 aliphatic rings. The van der Waals surface area contributed by atoms with Gasteiger partial charge in [0.1, 0.15) is 85.5 Å². The molecular formula is C24H40NaO34S4-3. The number of rotatable bonds is 16. The van der Waals surface area contributed by atoms with Crippen LogP contribution in [-0.2, 0) is 86.7 Å². The Kier molecular flexibility index (Phi) is 22.3. The zero-order chi connectivity index (χ0) is 47.4. The summed E-state index contributed by atoms with van der Waals surface area (Å²) in [6.45, 7) is -3.99. The smallest absolute Gasteiger partial charge is 0.726 e. The van der Waals surface area contributed by atoms with Gasteiger partial charge in [0.2, 0.25) is 41.6 Å². The van der Waals surface area contributed by atoms with Gasteiger partial charge in [-0.25, -0.2) is 33.7 Å². The Hall–Kier alpha value is -0.240. The van der Waals surface area contributed by atoms with Crippen LogP contribution in [-0.4, -0.2) is 262 Å². The fourth-order valence-corrected chi connectivity index (χ4v) is 7.89. The van der Waals surface area contributed by atoms with E-state index in [2.05, 4.69) is 16.7 Å². The van der Waals surface area contributed by atoms with Crippen molar-refractivity contribution in [3.63, 3.8) is 0 Å². The van der Waals surface area contributed by atoms with E-state index in [0.29, 0.717) is 0 Å². The third kappa shape index (κ3) is 16.5. The van der Waals surface area contributed by atoms with Crippen LogP contribution in [0.1, 0.15) is 0 Å². The van der Waals surface area contributed by atoms with Crippen LogP contribution in [0.3, 0.4) is 0 Å². The number of hydrogen-bond acceptors (Lipinski definition) is 34. The summed E-state index contributed by atoms with van der Waals surface area (Å²) in [6, 6.07) is 0. The fourth-order valence-electron chi connectivity index (χ4n) is 5.91. The molecule has 0 bridgehead atoms. The first-order valence-electron chi connectivity index (χ1n) is 16.7. The average molecular weight is 1020 g/mol. The molecule has 0 unspecified atom stereocenters. The monoisotopic (exact) mass is 1020 g/mol. The van der Waals surface area contributed by atoms with Crippen LogP contribution in [0.2, 0.25) is 0 Å². The molecule has 0 radical (unpaired) electrons. The summed E-state index contributed by atoms with van der Waals surface area (Å²) in [6.07, 6.45) is -40.8. The van der Waals surface area contributed by atoms with Gasteiger partial charge in [-0.3, -0.25) is 16.7 Å². The molecule has 4 heterocycles. The van der Waals surface area contributed by atoms with E-state index < -0.39 is 191 Å². The Labute approximate surface area is 377 Å². The van der Waals surface area contributed by atoms with E-state index in [0.717, 1.165) is 0 Å². The molecular weight excluding hydrogens is 983 g/mol. The van der Waals surface area contributed by atoms with Crippen LogP contribution >= 0.6 is 0 Å². The van der Waals surface area contributed by atoms with Gasteiger partial charge < -0.3 is 108 Å². The molecule has 0 aromatic carbocycles. The Morgan fingerprint density at radius 2 is 0.571 bits per heavy atom. The summed E-state index contributed by atoms with van der Waals surface area (Å²) in [5.74, 6) is 0. The maximum Gasteiger partial charge on any atom is 1.00 e. The molecule has 0 aliphatic carbocycles. The van der Waals surface area contributed by atoms with Crippen LogP contribution in [0.5, 0.6) is 0 Å². The van der Waals surface area contributed by atoms with E-state index in [1.807, 2.05) is 0 Å². The molecule has 0 spiro atoms. The Balaban J connectivity index is 0.000000427. The quantitative estimate of drug-likeness (QED) is 0.0388. The fraction of sp³-hybridized carbons (Fsp3) is 1.00. The molecule has 4 aliphatic heterocycles. The second kappa shape index (κ2) is 23.9. The first-order chi connectivity index (χ1) is 28.4. The summed E-state index contributed by atoms with van der Waals surface area (Å²) in [4.78, 5) is 0. The van der Waals surface area contributed by atoms with Crippen molar-refractivity contribution in [3.05, 3.63) is 0 Å². The molecule has 368 valence electrons. The van der Waals surface area contributed by atoms with E-state index in [1.165, 1.54) is 0 Å². The first-order valence-corrected chi connectivity index (χ1v) is 22.1. The molecule has 12 N–H and O–H groups in total. The van der Waals surface area contributed by atoms with Crippen molar-refractivity contribution in [2.75, 3.05) is 26.4 Å². The van der Waals surface area contributed by atoms with E-state index in [1.54, 1.807) is 0 Å². The van der Waals surface area contributed by atoms with Crippen molar-refractivity contribution in [1.82, 2.24) is 0 Å². The molecule has 0 aromatic rings. The van der Waals surface area contributed by atoms with Crippen LogP contribution < -0.4 is 29.6 Å². The van der Waals surface area contributed by atoms with Crippen molar-refractivity contribution in [2.24, 2.45) is 0 Å². The van der Waals surface area contributed by atoms with Crippen molar-refractivity contribution in [3.8, 4) is 0 Å². The molecule has 0 saturated carbocycles. The number of ether oxygens (including phenoxy) is 6. The predicted molar refractivity (Wildman–Crippen MR) is 171 cm³/mol. The Bertz CT molecular complexity index is 1740. The summed E-state index contributed by atoms with van der Waals surface area (Å²) in [5, 5.41) is 117. The minimum atomic E-state index is -5.50. The summed E-state index contributed by atoms with van der Waals surface area (Å²) in [7, 11) is -21.8. The summed E-state index contributed by atoms with van der Waals surface area (Å²) < 4.78 is 177. The number of aliphatic hydroxyl groups excluding tert-OH is 12. The van der Waals surface area contributed by atoms with Crippen LogP contribution in [0.4, 0.5) is 0 Å². The van der Waals surface area contributed by atoms with Gasteiger partial charge in [-0.2, -0.15) is 0 Å². The first kappa shape index (κ1) is 58.9. The zero-order valence-electron chi connectivity index (χ0n) is 31.4. The van der Waals surface area contributed by atoms with Crippen molar-refractivity contribution in [2.45, 2.75) is 123 Å². The number of hydrogen-bond donors (Lipinski definition) is 12. The van der Waals surface area contributed by atoms with Gasteiger partial charge in [0.25, 0.3) is 0 Å². The third-order valence-electron chi connectivity index (χ3n) is 8.74. The largest absolute Gasteiger partial charge is 1.00 e. The van der Waals surface area contributed by atoms with Gasteiger partial charge in [0, 0.05) is 0 Å². The molecule has 4 saturated heterocycles. The summed E-state index contributed by atoms with van der Waals surface area (Å²) >= 11 is 0. The van der Waals surface area contributed by atoms with Gasteiger partial charge in [-0.15, -0.1) is 0 Å². The van der Waals surface area contributed by atoms with Crippen LogP contribution in [0.15, 0.2) is 0 Å². The summed E-state index contributed by atoms with van der Waals surface area (Å²) in [5.41, 5.74) is 0. The van der Waals surface area contributed by atoms with Crippen LogP contribution in [0, 0.1) is 0 Å². The average Bonchev–Trinajstić information content (AvgIpc) is 3.15. The van der Waals surface area contributed by atoms with Gasteiger partial charge in [0.15, 0.2) is 37.4 Å². The van der Waals surface area contributed by atoms with E-state index >= 15 is 0 Å². The van der Waals surface area contributed by atoms with Gasteiger partial charge in [-0.1, -0.05) is 0 Å². The second-order valence-electron chi connectivity index (χ2n) is 13.0. The van der Waals surface area contributed by atoms with Gasteiger partial charge in [-0.05, 0) is 0 Å². The molecule has 39 heteroatoms. The molecule has 4 rings (SSSR count). The minimum Gasteiger partial charge on any atom is -0.726 e. The predicted octanol–water partition coefficient (Wildman–Crippen LogP) is -15.9. The standard InChI is InChI=1S/2C12H22O17S2.Na/c2*13-1-3-5(15)6(16)10(29-31(22,23)24)12(25-3)27-11-8(18)7(17)9(4(2-14)26-11)28-30(19,20)21;/h2*3-18H,1-2H2,(H,19,20,21)(H,22,23,24);/q;;+1/p-4/t2*3-,4-,5-,6+,7-,8-,9-,10-,11-,12-;/m11./s1. The van der Waals surface area contributed by atoms with E-state index in [-0.39, 0.29) is 29.6 Å². The van der Waals surface area contributed by atoms with Crippen molar-refractivity contribution in [1.29, 1.82) is 0 Å². The van der Waals surface area contributed by atoms with Crippen molar-refractivity contribution >= 4 is 41.6 Å². The molecule has 0 aromatic heterocycles. The Morgan fingerprint density at radius 1 is 0.349 bits per heavy atom. The third-order valence-corrected chi connectivity index (χ3v) is 10.6. The molecule has 0 amide bonds. The molecule has 4 fully saturated rings. The van der Waals surface area contributed by atoms with Crippen molar-refractivity contribution < 1.29 is 188 Å². The van der Waals surface area contributed by atoms with E-state index in [9.17, 15) is 113 Å². The SMILES string of the molecule is O=S(=O)([O-])O[C@H]1[C@@H](O[C@H]2O[C@H](CO)[C@@H](OS(=O)(=O)[O-])[C@H](O)[C@H]2O)O[C@H](CO)[C@@H](O)[C@@H]1O.O=S(=O)([O-])O[C@H]1[C@@H](O[C@H]2O[C@H](CO)[C@@H](OS(=O)(=O)[O-])[C@H](O)[C@H]2O)O[C@H](CO)[C@@H](O)[C@@H]1O.[Na+]. The minimum absolute atomic E-state index is 0. The normalized spacial score (nSPS) is 41.8. The number of aliphatic hydroxyl groups is 12. The topological polar surface area (TPSA) is 564 Å². The van der Waals surface area contributed by atoms with Crippen LogP contribution in [0.25, 0.3) is 0 Å². The maximum absolute atomic E-state index is 10.9. The van der Waals surface area contributed by atoms with E-state index in [4.69, 9.17) is 28.4 Å². The zero-order valence-corrected chi connectivity index (χ0v) is 36.6. The Morgan fingerprint density at radius 3 is 0.810 bits per heavy atom. The second-order valence-corrected chi connectivity index (χ2v) is 17.0. The molecule has 63 heavy (non-hydrogen) atoms. The van der Waals surface area contributed by atoms with Gasteiger partial charge in [0.05, 0.1) is 26.4 Å². The molecule has 34 nitrogen and oxygen atoms in total. The van der Waals surface area contributed by atoms with Gasteiger partial charge >= 0.3 is 29.6 Å². The maximum atomic E-state index is 10.9.